The van der Waals surface area contributed by atoms with Gasteiger partial charge in [0, 0.05) is 12.1 Å². The number of carboxylic acid groups (broad SMARTS) is 1. The van der Waals surface area contributed by atoms with Crippen LogP contribution >= 0.6 is 0 Å². The van der Waals surface area contributed by atoms with Crippen molar-refractivity contribution in [2.45, 2.75) is 6.92 Å². The van der Waals surface area contributed by atoms with Crippen molar-refractivity contribution >= 4 is 29.3 Å². The molecule has 0 bridgehead atoms. The number of nitro benzene ring substituents is 1. The number of amides is 1. The van der Waals surface area contributed by atoms with Crippen LogP contribution in [0.3, 0.4) is 0 Å². The maximum atomic E-state index is 12.3. The van der Waals surface area contributed by atoms with Gasteiger partial charge in [-0.25, -0.2) is 4.79 Å². The lowest BCUT2D eigenvalue weighted by atomic mass is 10.1. The highest BCUT2D eigenvalue weighted by atomic mass is 16.6. The molecule has 3 aromatic rings. The zero-order valence-electron chi connectivity index (χ0n) is 16.6. The van der Waals surface area contributed by atoms with Crippen LogP contribution in [0.4, 0.5) is 11.4 Å². The number of carbonyl (C=O) groups is 2. The number of carbonyl (C=O) groups excluding carboxylic acids is 1. The van der Waals surface area contributed by atoms with Gasteiger partial charge < -0.3 is 19.6 Å². The van der Waals surface area contributed by atoms with Gasteiger partial charge in [-0.1, -0.05) is 6.07 Å². The minimum atomic E-state index is -1.14. The summed E-state index contributed by atoms with van der Waals surface area (Å²) in [7, 11) is 1.40. The zero-order chi connectivity index (χ0) is 22.5. The molecule has 0 aliphatic carbocycles. The summed E-state index contributed by atoms with van der Waals surface area (Å²) in [6.07, 6.45) is 2.59. The summed E-state index contributed by atoms with van der Waals surface area (Å²) < 4.78 is 10.8. The fourth-order valence-electron chi connectivity index (χ4n) is 2.86. The molecule has 1 heterocycles. The monoisotopic (exact) mass is 422 g/mol. The standard InChI is InChI=1S/C22H18N2O7/c1-13-3-7-16(18(11-13)24(28)29)19-9-5-15(31-19)6-10-21(25)23-17-12-14(22(26)27)4-8-20(17)30-2/h3-12H,1-2H3,(H,23,25)(H,26,27)/b10-6+. The number of aryl methyl sites for hydroxylation is 1. The first kappa shape index (κ1) is 21.3. The minimum Gasteiger partial charge on any atom is -0.495 e. The van der Waals surface area contributed by atoms with Crippen LogP contribution in [0.5, 0.6) is 5.75 Å². The predicted molar refractivity (Wildman–Crippen MR) is 113 cm³/mol. The van der Waals surface area contributed by atoms with Crippen LogP contribution in [0, 0.1) is 17.0 Å². The molecule has 0 aliphatic heterocycles. The van der Waals surface area contributed by atoms with Gasteiger partial charge in [0.05, 0.1) is 28.8 Å². The number of rotatable bonds is 7. The average molecular weight is 422 g/mol. The molecule has 0 saturated carbocycles. The fraction of sp³-hybridized carbons (Fsp3) is 0.0909. The normalized spacial score (nSPS) is 10.8. The number of nitrogens with zero attached hydrogens (tertiary/aromatic N) is 1. The number of aromatic carboxylic acids is 1. The Balaban J connectivity index is 1.78. The lowest BCUT2D eigenvalue weighted by Crippen LogP contribution is -2.10. The summed E-state index contributed by atoms with van der Waals surface area (Å²) >= 11 is 0. The molecule has 158 valence electrons. The van der Waals surface area contributed by atoms with E-state index in [1.165, 1.54) is 43.5 Å². The van der Waals surface area contributed by atoms with E-state index in [0.29, 0.717) is 22.8 Å². The van der Waals surface area contributed by atoms with Gasteiger partial charge in [0.1, 0.15) is 17.3 Å². The van der Waals surface area contributed by atoms with Gasteiger partial charge in [0.2, 0.25) is 5.91 Å². The average Bonchev–Trinajstić information content (AvgIpc) is 3.21. The van der Waals surface area contributed by atoms with Crippen LogP contribution in [0.15, 0.2) is 59.0 Å². The Morgan fingerprint density at radius 2 is 1.94 bits per heavy atom. The van der Waals surface area contributed by atoms with Gasteiger partial charge in [-0.3, -0.25) is 14.9 Å². The van der Waals surface area contributed by atoms with Crippen LogP contribution in [0.25, 0.3) is 17.4 Å². The molecule has 0 spiro atoms. The molecule has 0 unspecified atom stereocenters. The summed E-state index contributed by atoms with van der Waals surface area (Å²) in [6.45, 7) is 1.76. The van der Waals surface area contributed by atoms with E-state index in [0.717, 1.165) is 5.56 Å². The number of anilines is 1. The van der Waals surface area contributed by atoms with Crippen molar-refractivity contribution in [3.63, 3.8) is 0 Å². The lowest BCUT2D eigenvalue weighted by Gasteiger charge is -2.09. The number of ether oxygens (including phenoxy) is 1. The van der Waals surface area contributed by atoms with Gasteiger partial charge >= 0.3 is 5.97 Å². The zero-order valence-corrected chi connectivity index (χ0v) is 16.6. The van der Waals surface area contributed by atoms with Crippen molar-refractivity contribution in [1.82, 2.24) is 0 Å². The highest BCUT2D eigenvalue weighted by molar-refractivity contribution is 6.03. The van der Waals surface area contributed by atoms with Crippen LogP contribution in [-0.2, 0) is 4.79 Å². The molecular weight excluding hydrogens is 404 g/mol. The van der Waals surface area contributed by atoms with Gasteiger partial charge in [0.25, 0.3) is 5.69 Å². The van der Waals surface area contributed by atoms with Crippen molar-refractivity contribution < 1.29 is 28.8 Å². The summed E-state index contributed by atoms with van der Waals surface area (Å²) in [4.78, 5) is 34.2. The smallest absolute Gasteiger partial charge is 0.335 e. The topological polar surface area (TPSA) is 132 Å². The number of hydrogen-bond donors (Lipinski definition) is 2. The van der Waals surface area contributed by atoms with Gasteiger partial charge in [-0.15, -0.1) is 0 Å². The number of benzene rings is 2. The van der Waals surface area contributed by atoms with Crippen LogP contribution in [0.1, 0.15) is 21.7 Å². The van der Waals surface area contributed by atoms with Crippen molar-refractivity contribution in [2.24, 2.45) is 0 Å². The second-order valence-electron chi connectivity index (χ2n) is 6.52. The van der Waals surface area contributed by atoms with Crippen molar-refractivity contribution in [3.05, 3.63) is 81.6 Å². The molecule has 2 aromatic carbocycles. The number of hydrogen-bond acceptors (Lipinski definition) is 6. The Morgan fingerprint density at radius 3 is 2.61 bits per heavy atom. The third-order valence-corrected chi connectivity index (χ3v) is 4.35. The molecule has 3 rings (SSSR count). The molecular formula is C22H18N2O7. The van der Waals surface area contributed by atoms with Gasteiger partial charge in [-0.2, -0.15) is 0 Å². The predicted octanol–water partition coefficient (Wildman–Crippen LogP) is 4.52. The number of carboxylic acids is 1. The Labute approximate surface area is 176 Å². The largest absolute Gasteiger partial charge is 0.495 e. The second-order valence-corrected chi connectivity index (χ2v) is 6.52. The Morgan fingerprint density at radius 1 is 1.16 bits per heavy atom. The highest BCUT2D eigenvalue weighted by Crippen LogP contribution is 2.32. The van der Waals surface area contributed by atoms with E-state index >= 15 is 0 Å². The lowest BCUT2D eigenvalue weighted by molar-refractivity contribution is -0.384. The maximum Gasteiger partial charge on any atom is 0.335 e. The molecule has 0 atom stereocenters. The van der Waals surface area contributed by atoms with E-state index in [1.807, 2.05) is 0 Å². The quantitative estimate of drug-likeness (QED) is 0.325. The molecule has 1 amide bonds. The van der Waals surface area contributed by atoms with Gasteiger partial charge in [-0.05, 0) is 55.0 Å². The molecule has 2 N–H and O–H groups in total. The molecule has 9 nitrogen and oxygen atoms in total. The number of nitro groups is 1. The first-order valence-electron chi connectivity index (χ1n) is 9.04. The summed E-state index contributed by atoms with van der Waals surface area (Å²) in [5.74, 6) is -0.769. The van der Waals surface area contributed by atoms with E-state index < -0.39 is 16.8 Å². The molecule has 0 fully saturated rings. The first-order valence-corrected chi connectivity index (χ1v) is 9.04. The molecule has 1 aromatic heterocycles. The second kappa shape index (κ2) is 8.95. The van der Waals surface area contributed by atoms with Crippen LogP contribution in [0.2, 0.25) is 0 Å². The Hall–Kier alpha value is -4.40. The SMILES string of the molecule is COc1ccc(C(=O)O)cc1NC(=O)/C=C/c1ccc(-c2ccc(C)cc2[N+](=O)[O-])o1. The fourth-order valence-corrected chi connectivity index (χ4v) is 2.86. The number of methoxy groups -OCH3 is 1. The van der Waals surface area contributed by atoms with Crippen molar-refractivity contribution in [3.8, 4) is 17.1 Å². The van der Waals surface area contributed by atoms with Crippen molar-refractivity contribution in [2.75, 3.05) is 12.4 Å². The minimum absolute atomic E-state index is 0.00421. The van der Waals surface area contributed by atoms with E-state index in [-0.39, 0.29) is 16.9 Å². The van der Waals surface area contributed by atoms with Crippen LogP contribution < -0.4 is 10.1 Å². The number of nitrogens with one attached hydrogen (secondary N) is 1. The molecule has 0 saturated heterocycles. The third-order valence-electron chi connectivity index (χ3n) is 4.35. The first-order chi connectivity index (χ1) is 14.8. The maximum absolute atomic E-state index is 12.3. The van der Waals surface area contributed by atoms with E-state index in [2.05, 4.69) is 5.32 Å². The third kappa shape index (κ3) is 4.96. The summed E-state index contributed by atoms with van der Waals surface area (Å²) in [5, 5.41) is 23.0. The van der Waals surface area contributed by atoms with Gasteiger partial charge in [0.15, 0.2) is 0 Å². The molecule has 0 aliphatic rings. The Kier molecular flexibility index (Phi) is 6.15. The molecule has 31 heavy (non-hydrogen) atoms. The summed E-state index contributed by atoms with van der Waals surface area (Å²) in [5.41, 5.74) is 1.20. The Bertz CT molecular complexity index is 1190. The summed E-state index contributed by atoms with van der Waals surface area (Å²) in [6, 6.07) is 12.1. The highest BCUT2D eigenvalue weighted by Gasteiger charge is 2.18. The molecule has 0 radical (unpaired) electrons. The number of furan rings is 1. The van der Waals surface area contributed by atoms with E-state index in [9.17, 15) is 19.7 Å². The van der Waals surface area contributed by atoms with Crippen LogP contribution in [-0.4, -0.2) is 29.0 Å². The van der Waals surface area contributed by atoms with Crippen molar-refractivity contribution in [1.29, 1.82) is 0 Å². The van der Waals surface area contributed by atoms with E-state index in [4.69, 9.17) is 14.3 Å². The molecule has 9 heteroatoms. The van der Waals surface area contributed by atoms with E-state index in [1.54, 1.807) is 31.2 Å².